The number of alkyl halides is 3. The number of fused-ring (bicyclic) bond motifs is 1. The highest BCUT2D eigenvalue weighted by molar-refractivity contribution is 6.02. The van der Waals surface area contributed by atoms with Gasteiger partial charge in [0.1, 0.15) is 18.5 Å². The third-order valence-electron chi connectivity index (χ3n) is 6.60. The van der Waals surface area contributed by atoms with Crippen LogP contribution in [0.3, 0.4) is 0 Å². The second kappa shape index (κ2) is 8.72. The zero-order chi connectivity index (χ0) is 25.2. The molecule has 1 saturated carbocycles. The first-order chi connectivity index (χ1) is 16.4. The molecule has 190 valence electrons. The van der Waals surface area contributed by atoms with Crippen molar-refractivity contribution in [3.05, 3.63) is 71.0 Å². The van der Waals surface area contributed by atoms with Gasteiger partial charge in [0.2, 0.25) is 0 Å². The minimum absolute atomic E-state index is 0. The van der Waals surface area contributed by atoms with Gasteiger partial charge in [0, 0.05) is 30.5 Å². The Morgan fingerprint density at radius 2 is 1.69 bits per heavy atom. The molecule has 0 unspecified atom stereocenters. The lowest BCUT2D eigenvalue weighted by molar-refractivity contribution is -0.141. The van der Waals surface area contributed by atoms with Crippen molar-refractivity contribution in [2.24, 2.45) is 12.8 Å². The Bertz CT molecular complexity index is 1470. The van der Waals surface area contributed by atoms with E-state index < -0.39 is 29.4 Å². The number of pyridine rings is 1. The van der Waals surface area contributed by atoms with Gasteiger partial charge in [-0.3, -0.25) is 14.3 Å². The predicted octanol–water partition coefficient (Wildman–Crippen LogP) is 4.15. The number of benzene rings is 1. The van der Waals surface area contributed by atoms with Crippen molar-refractivity contribution in [2.75, 3.05) is 0 Å². The van der Waals surface area contributed by atoms with Gasteiger partial charge in [-0.15, -0.1) is 12.4 Å². The van der Waals surface area contributed by atoms with Crippen LogP contribution in [-0.2, 0) is 19.1 Å². The maximum absolute atomic E-state index is 13.2. The lowest BCUT2D eigenvalue weighted by Gasteiger charge is -2.49. The number of hydrogen-bond acceptors (Lipinski definition) is 5. The number of rotatable bonds is 4. The van der Waals surface area contributed by atoms with E-state index in [0.29, 0.717) is 34.2 Å². The molecule has 0 spiro atoms. The quantitative estimate of drug-likeness (QED) is 0.422. The number of aryl methyl sites for hydroxylation is 1. The molecule has 0 aliphatic heterocycles. The summed E-state index contributed by atoms with van der Waals surface area (Å²) in [6.45, 7) is 0.327. The van der Waals surface area contributed by atoms with E-state index in [1.807, 2.05) is 24.3 Å². The Morgan fingerprint density at radius 3 is 2.25 bits per heavy atom. The minimum atomic E-state index is -4.56. The van der Waals surface area contributed by atoms with Crippen molar-refractivity contribution in [2.45, 2.75) is 43.6 Å². The Morgan fingerprint density at radius 1 is 1.08 bits per heavy atom. The summed E-state index contributed by atoms with van der Waals surface area (Å²) in [5.41, 5.74) is 7.96. The van der Waals surface area contributed by atoms with Crippen molar-refractivity contribution in [1.29, 1.82) is 0 Å². The SMILES string of the molecule is Cl.Cn1c(-c2ccc([C@]3(N)C[C@](C)(O)C3)cc2)c(-c2ccncc2)c2c(=O)n(CC(F)(F)F)cnc21. The first-order valence-electron chi connectivity index (χ1n) is 11.1. The molecule has 0 radical (unpaired) electrons. The fraction of sp³-hybridized carbons (Fsp3) is 0.320. The molecule has 0 saturated heterocycles. The molecule has 3 aromatic heterocycles. The van der Waals surface area contributed by atoms with Crippen LogP contribution in [0.25, 0.3) is 33.4 Å². The van der Waals surface area contributed by atoms with Crippen molar-refractivity contribution in [1.82, 2.24) is 19.1 Å². The molecule has 0 bridgehead atoms. The molecule has 1 fully saturated rings. The summed E-state index contributed by atoms with van der Waals surface area (Å²) in [4.78, 5) is 21.5. The molecule has 7 nitrogen and oxygen atoms in total. The van der Waals surface area contributed by atoms with Crippen LogP contribution < -0.4 is 11.3 Å². The molecule has 0 amide bonds. The van der Waals surface area contributed by atoms with Crippen LogP contribution in [0, 0.1) is 0 Å². The van der Waals surface area contributed by atoms with Crippen LogP contribution in [0.4, 0.5) is 13.2 Å². The molecule has 5 rings (SSSR count). The smallest absolute Gasteiger partial charge is 0.390 e. The Kier molecular flexibility index (Phi) is 6.27. The van der Waals surface area contributed by atoms with Gasteiger partial charge in [-0.1, -0.05) is 24.3 Å². The number of halogens is 4. The van der Waals surface area contributed by atoms with Gasteiger partial charge >= 0.3 is 6.18 Å². The summed E-state index contributed by atoms with van der Waals surface area (Å²) in [7, 11) is 1.73. The first-order valence-corrected chi connectivity index (χ1v) is 11.1. The van der Waals surface area contributed by atoms with E-state index in [-0.39, 0.29) is 23.4 Å². The highest BCUT2D eigenvalue weighted by Gasteiger charge is 2.49. The summed E-state index contributed by atoms with van der Waals surface area (Å²) in [6.07, 6.45) is 0.380. The Hall–Kier alpha value is -3.21. The van der Waals surface area contributed by atoms with Crippen molar-refractivity contribution in [3.8, 4) is 22.4 Å². The lowest BCUT2D eigenvalue weighted by Crippen LogP contribution is -2.58. The third kappa shape index (κ3) is 4.40. The van der Waals surface area contributed by atoms with Crippen LogP contribution in [0.2, 0.25) is 0 Å². The topological polar surface area (TPSA) is 99.0 Å². The standard InChI is InChI=1S/C25H24F3N5O2.ClH/c1-23(35)11-24(29,12-23)17-5-3-16(4-6-17)20-18(15-7-9-30-10-8-15)19-21(32(20)2)31-14-33(22(19)34)13-25(26,27)28;/h3-10,14,35H,11-13,29H2,1-2H3;1H/t23-,24-;. The second-order valence-corrected chi connectivity index (χ2v) is 9.59. The maximum atomic E-state index is 13.2. The van der Waals surface area contributed by atoms with E-state index in [4.69, 9.17) is 5.73 Å². The van der Waals surface area contributed by atoms with Crippen LogP contribution in [0.1, 0.15) is 25.3 Å². The summed E-state index contributed by atoms with van der Waals surface area (Å²) in [5.74, 6) is 0. The van der Waals surface area contributed by atoms with Crippen LogP contribution in [0.15, 0.2) is 59.9 Å². The average molecular weight is 520 g/mol. The zero-order valence-electron chi connectivity index (χ0n) is 19.6. The van der Waals surface area contributed by atoms with Gasteiger partial charge < -0.3 is 15.4 Å². The van der Waals surface area contributed by atoms with Crippen molar-refractivity contribution >= 4 is 23.4 Å². The molecule has 4 aromatic rings. The highest BCUT2D eigenvalue weighted by atomic mass is 35.5. The molecule has 1 aliphatic carbocycles. The van der Waals surface area contributed by atoms with E-state index >= 15 is 0 Å². The largest absolute Gasteiger partial charge is 0.406 e. The van der Waals surface area contributed by atoms with Gasteiger partial charge in [0.15, 0.2) is 0 Å². The number of aromatic nitrogens is 4. The van der Waals surface area contributed by atoms with Gasteiger partial charge in [-0.05, 0) is 48.6 Å². The molecule has 11 heteroatoms. The molecule has 3 heterocycles. The van der Waals surface area contributed by atoms with Gasteiger partial charge in [-0.2, -0.15) is 13.2 Å². The molecular formula is C25H25ClF3N5O2. The van der Waals surface area contributed by atoms with Gasteiger partial charge in [0.25, 0.3) is 5.56 Å². The average Bonchev–Trinajstić information content (AvgIpc) is 3.07. The van der Waals surface area contributed by atoms with E-state index in [1.54, 1.807) is 43.1 Å². The molecule has 3 N–H and O–H groups in total. The van der Waals surface area contributed by atoms with Crippen LogP contribution >= 0.6 is 12.4 Å². The number of nitrogens with zero attached hydrogens (tertiary/aromatic N) is 4. The minimum Gasteiger partial charge on any atom is -0.390 e. The van der Waals surface area contributed by atoms with Crippen molar-refractivity contribution < 1.29 is 18.3 Å². The number of nitrogens with two attached hydrogens (primary N) is 1. The number of aliphatic hydroxyl groups is 1. The summed E-state index contributed by atoms with van der Waals surface area (Å²) in [5, 5.41) is 10.3. The van der Waals surface area contributed by atoms with E-state index in [9.17, 15) is 23.1 Å². The van der Waals surface area contributed by atoms with Crippen LogP contribution in [-0.4, -0.2) is 36.0 Å². The van der Waals surface area contributed by atoms with Crippen molar-refractivity contribution in [3.63, 3.8) is 0 Å². The van der Waals surface area contributed by atoms with Gasteiger partial charge in [-0.25, -0.2) is 4.98 Å². The van der Waals surface area contributed by atoms with E-state index in [2.05, 4.69) is 9.97 Å². The highest BCUT2D eigenvalue weighted by Crippen LogP contribution is 2.47. The van der Waals surface area contributed by atoms with Crippen LogP contribution in [0.5, 0.6) is 0 Å². The fourth-order valence-corrected chi connectivity index (χ4v) is 5.26. The second-order valence-electron chi connectivity index (χ2n) is 9.59. The fourth-order valence-electron chi connectivity index (χ4n) is 5.26. The predicted molar refractivity (Wildman–Crippen MR) is 133 cm³/mol. The number of hydrogen-bond donors (Lipinski definition) is 2. The zero-order valence-corrected chi connectivity index (χ0v) is 20.4. The Labute approximate surface area is 210 Å². The Balaban J connectivity index is 0.00000304. The summed E-state index contributed by atoms with van der Waals surface area (Å²) in [6, 6.07) is 10.9. The molecule has 0 atom stereocenters. The molecule has 1 aliphatic rings. The monoisotopic (exact) mass is 519 g/mol. The van der Waals surface area contributed by atoms with Gasteiger partial charge in [0.05, 0.1) is 16.7 Å². The molecular weight excluding hydrogens is 495 g/mol. The van der Waals surface area contributed by atoms with E-state index in [0.717, 1.165) is 17.5 Å². The lowest BCUT2D eigenvalue weighted by atomic mass is 9.63. The first kappa shape index (κ1) is 25.9. The third-order valence-corrected chi connectivity index (χ3v) is 6.60. The van der Waals surface area contributed by atoms with E-state index in [1.165, 1.54) is 0 Å². The summed E-state index contributed by atoms with van der Waals surface area (Å²) < 4.78 is 41.5. The maximum Gasteiger partial charge on any atom is 0.406 e. The molecule has 1 aromatic carbocycles. The summed E-state index contributed by atoms with van der Waals surface area (Å²) >= 11 is 0. The molecule has 36 heavy (non-hydrogen) atoms. The normalized spacial score (nSPS) is 21.8.